The highest BCUT2D eigenvalue weighted by molar-refractivity contribution is 5.74. The number of aromatic nitrogens is 1. The Hall–Kier alpha value is -2.23. The highest BCUT2D eigenvalue weighted by Gasteiger charge is 2.20. The maximum atomic E-state index is 11.1. The van der Waals surface area contributed by atoms with Crippen LogP contribution in [0.4, 0.5) is 5.69 Å². The Morgan fingerprint density at radius 3 is 2.41 bits per heavy atom. The van der Waals surface area contributed by atoms with Gasteiger partial charge in [-0.2, -0.15) is 0 Å². The molecule has 0 aliphatic heterocycles. The summed E-state index contributed by atoms with van der Waals surface area (Å²) >= 11 is 0. The van der Waals surface area contributed by atoms with E-state index in [2.05, 4.69) is 4.98 Å². The quantitative estimate of drug-likeness (QED) is 0.585. The third-order valence-corrected chi connectivity index (χ3v) is 2.56. The first-order valence-corrected chi connectivity index (χ1v) is 5.27. The zero-order chi connectivity index (χ0) is 12.4. The van der Waals surface area contributed by atoms with E-state index < -0.39 is 0 Å². The van der Waals surface area contributed by atoms with Crippen molar-refractivity contribution >= 4 is 5.69 Å². The van der Waals surface area contributed by atoms with Gasteiger partial charge in [-0.1, -0.05) is 30.3 Å². The normalized spacial score (nSPS) is 10.2. The van der Waals surface area contributed by atoms with Crippen molar-refractivity contribution in [2.75, 3.05) is 0 Å². The lowest BCUT2D eigenvalue weighted by Gasteiger charge is -2.06. The van der Waals surface area contributed by atoms with E-state index in [1.165, 1.54) is 0 Å². The highest BCUT2D eigenvalue weighted by atomic mass is 16.6. The number of hydrogen-bond donors (Lipinski definition) is 0. The van der Waals surface area contributed by atoms with Gasteiger partial charge in [-0.05, 0) is 25.5 Å². The van der Waals surface area contributed by atoms with Crippen molar-refractivity contribution in [3.05, 3.63) is 57.9 Å². The molecule has 0 spiro atoms. The molecule has 0 N–H and O–H groups in total. The van der Waals surface area contributed by atoms with Crippen molar-refractivity contribution in [2.24, 2.45) is 0 Å². The molecule has 17 heavy (non-hydrogen) atoms. The summed E-state index contributed by atoms with van der Waals surface area (Å²) in [5, 5.41) is 11.1. The van der Waals surface area contributed by atoms with E-state index in [4.69, 9.17) is 0 Å². The van der Waals surface area contributed by atoms with Gasteiger partial charge in [0.05, 0.1) is 10.5 Å². The molecule has 0 radical (unpaired) electrons. The standard InChI is InChI=1S/C13H12N2O2/c1-9-8-12(11-6-4-3-5-7-11)13(15(16)17)10(2)14-9/h3-8H,1-2H3. The fourth-order valence-electron chi connectivity index (χ4n) is 1.89. The molecular formula is C13H12N2O2. The Morgan fingerprint density at radius 2 is 1.82 bits per heavy atom. The third kappa shape index (κ3) is 2.15. The van der Waals surface area contributed by atoms with Crippen LogP contribution in [0.1, 0.15) is 11.4 Å². The summed E-state index contributed by atoms with van der Waals surface area (Å²) in [5.74, 6) is 0. The Kier molecular flexibility index (Phi) is 2.87. The third-order valence-electron chi connectivity index (χ3n) is 2.56. The van der Waals surface area contributed by atoms with Gasteiger partial charge in [-0.3, -0.25) is 15.1 Å². The number of aryl methyl sites for hydroxylation is 2. The molecule has 0 atom stereocenters. The number of rotatable bonds is 2. The summed E-state index contributed by atoms with van der Waals surface area (Å²) in [4.78, 5) is 14.9. The van der Waals surface area contributed by atoms with Gasteiger partial charge < -0.3 is 0 Å². The van der Waals surface area contributed by atoms with Crippen LogP contribution in [0.25, 0.3) is 11.1 Å². The van der Waals surface area contributed by atoms with E-state index in [0.29, 0.717) is 11.3 Å². The van der Waals surface area contributed by atoms with Gasteiger partial charge in [0.1, 0.15) is 5.69 Å². The van der Waals surface area contributed by atoms with E-state index >= 15 is 0 Å². The van der Waals surface area contributed by atoms with Gasteiger partial charge in [0.15, 0.2) is 0 Å². The maximum Gasteiger partial charge on any atom is 0.298 e. The van der Waals surface area contributed by atoms with Crippen LogP contribution in [0.5, 0.6) is 0 Å². The molecule has 2 aromatic rings. The Balaban J connectivity index is 2.72. The van der Waals surface area contributed by atoms with Crippen molar-refractivity contribution in [1.29, 1.82) is 0 Å². The van der Waals surface area contributed by atoms with Crippen LogP contribution in [0.15, 0.2) is 36.4 Å². The summed E-state index contributed by atoms with van der Waals surface area (Å²) < 4.78 is 0. The van der Waals surface area contributed by atoms with Gasteiger partial charge in [-0.25, -0.2) is 0 Å². The average Bonchev–Trinajstić information content (AvgIpc) is 2.28. The van der Waals surface area contributed by atoms with Crippen molar-refractivity contribution in [1.82, 2.24) is 4.98 Å². The summed E-state index contributed by atoms with van der Waals surface area (Å²) in [6.45, 7) is 3.50. The molecule has 2 rings (SSSR count). The van der Waals surface area contributed by atoms with Crippen molar-refractivity contribution in [2.45, 2.75) is 13.8 Å². The molecule has 0 saturated heterocycles. The molecule has 1 heterocycles. The Bertz CT molecular complexity index is 565. The van der Waals surface area contributed by atoms with Crippen LogP contribution in [-0.2, 0) is 0 Å². The number of hydrogen-bond acceptors (Lipinski definition) is 3. The van der Waals surface area contributed by atoms with Gasteiger partial charge in [-0.15, -0.1) is 0 Å². The number of nitrogens with zero attached hydrogens (tertiary/aromatic N) is 2. The summed E-state index contributed by atoms with van der Waals surface area (Å²) in [6, 6.07) is 11.1. The van der Waals surface area contributed by atoms with Crippen LogP contribution in [-0.4, -0.2) is 9.91 Å². The van der Waals surface area contributed by atoms with Crippen LogP contribution in [0.2, 0.25) is 0 Å². The summed E-state index contributed by atoms with van der Waals surface area (Å²) in [6.07, 6.45) is 0. The zero-order valence-corrected chi connectivity index (χ0v) is 9.68. The second-order valence-corrected chi connectivity index (χ2v) is 3.87. The molecule has 0 saturated carbocycles. The fraction of sp³-hybridized carbons (Fsp3) is 0.154. The SMILES string of the molecule is Cc1cc(-c2ccccc2)c([N+](=O)[O-])c(C)n1. The van der Waals surface area contributed by atoms with Gasteiger partial charge >= 0.3 is 0 Å². The first kappa shape index (κ1) is 11.3. The highest BCUT2D eigenvalue weighted by Crippen LogP contribution is 2.32. The molecule has 0 aliphatic rings. The minimum Gasteiger partial charge on any atom is -0.258 e. The monoisotopic (exact) mass is 228 g/mol. The minimum atomic E-state index is -0.371. The van der Waals surface area contributed by atoms with Crippen LogP contribution in [0, 0.1) is 24.0 Å². The number of pyridine rings is 1. The summed E-state index contributed by atoms with van der Waals surface area (Å²) in [5.41, 5.74) is 2.79. The van der Waals surface area contributed by atoms with E-state index in [1.54, 1.807) is 13.0 Å². The smallest absolute Gasteiger partial charge is 0.258 e. The topological polar surface area (TPSA) is 56.0 Å². The summed E-state index contributed by atoms with van der Waals surface area (Å²) in [7, 11) is 0. The molecule has 1 aromatic heterocycles. The van der Waals surface area contributed by atoms with E-state index in [9.17, 15) is 10.1 Å². The fourth-order valence-corrected chi connectivity index (χ4v) is 1.89. The number of nitro groups is 1. The molecule has 0 fully saturated rings. The van der Waals surface area contributed by atoms with Crippen molar-refractivity contribution in [3.63, 3.8) is 0 Å². The van der Waals surface area contributed by atoms with E-state index in [1.807, 2.05) is 37.3 Å². The van der Waals surface area contributed by atoms with Gasteiger partial charge in [0.25, 0.3) is 5.69 Å². The molecule has 4 nitrogen and oxygen atoms in total. The lowest BCUT2D eigenvalue weighted by atomic mass is 10.0. The molecule has 0 unspecified atom stereocenters. The van der Waals surface area contributed by atoms with Crippen molar-refractivity contribution in [3.8, 4) is 11.1 Å². The minimum absolute atomic E-state index is 0.0850. The lowest BCUT2D eigenvalue weighted by molar-refractivity contribution is -0.385. The second kappa shape index (κ2) is 4.33. The second-order valence-electron chi connectivity index (χ2n) is 3.87. The molecule has 0 bridgehead atoms. The predicted octanol–water partition coefficient (Wildman–Crippen LogP) is 3.27. The first-order valence-electron chi connectivity index (χ1n) is 5.27. The van der Waals surface area contributed by atoms with E-state index in [-0.39, 0.29) is 10.6 Å². The molecule has 4 heteroatoms. The van der Waals surface area contributed by atoms with Crippen LogP contribution in [0.3, 0.4) is 0 Å². The Morgan fingerprint density at radius 1 is 1.18 bits per heavy atom. The molecule has 0 amide bonds. The molecule has 86 valence electrons. The zero-order valence-electron chi connectivity index (χ0n) is 9.68. The van der Waals surface area contributed by atoms with Crippen molar-refractivity contribution < 1.29 is 4.92 Å². The number of benzene rings is 1. The predicted molar refractivity (Wildman–Crippen MR) is 65.8 cm³/mol. The molecule has 0 aliphatic carbocycles. The first-order chi connectivity index (χ1) is 8.09. The molecule has 1 aromatic carbocycles. The maximum absolute atomic E-state index is 11.1. The van der Waals surface area contributed by atoms with Crippen LogP contribution < -0.4 is 0 Å². The Labute approximate surface area is 99.1 Å². The molecular weight excluding hydrogens is 216 g/mol. The van der Waals surface area contributed by atoms with E-state index in [0.717, 1.165) is 11.3 Å². The van der Waals surface area contributed by atoms with Gasteiger partial charge in [0, 0.05) is 5.69 Å². The lowest BCUT2D eigenvalue weighted by Crippen LogP contribution is -1.99. The largest absolute Gasteiger partial charge is 0.298 e. The van der Waals surface area contributed by atoms with Crippen LogP contribution >= 0.6 is 0 Å². The van der Waals surface area contributed by atoms with Gasteiger partial charge in [0.2, 0.25) is 0 Å². The average molecular weight is 228 g/mol.